The van der Waals surface area contributed by atoms with Gasteiger partial charge in [0.15, 0.2) is 0 Å². The molecule has 0 amide bonds. The Labute approximate surface area is 144 Å². The minimum Gasteiger partial charge on any atom is -0.354 e. The van der Waals surface area contributed by atoms with Crippen LogP contribution in [0.25, 0.3) is 17.5 Å². The van der Waals surface area contributed by atoms with Crippen molar-refractivity contribution in [1.29, 1.82) is 5.41 Å². The number of hydrogen-bond donors (Lipinski definition) is 2. The number of piperidine rings is 1. The molecule has 2 aromatic rings. The van der Waals surface area contributed by atoms with E-state index in [9.17, 15) is 8.78 Å². The summed E-state index contributed by atoms with van der Waals surface area (Å²) in [6.07, 6.45) is 6.25. The maximum atomic E-state index is 12.3. The summed E-state index contributed by atoms with van der Waals surface area (Å²) < 4.78 is 24.7. The van der Waals surface area contributed by atoms with Crippen molar-refractivity contribution in [2.45, 2.75) is 38.7 Å². The monoisotopic (exact) mass is 346 g/mol. The number of rotatable bonds is 5. The average molecular weight is 346 g/mol. The number of halogens is 2. The third kappa shape index (κ3) is 4.07. The van der Waals surface area contributed by atoms with Crippen LogP contribution in [-0.2, 0) is 0 Å². The van der Waals surface area contributed by atoms with E-state index in [0.717, 1.165) is 31.3 Å². The Hall–Kier alpha value is -2.64. The molecule has 3 rings (SSSR count). The van der Waals surface area contributed by atoms with Crippen molar-refractivity contribution in [2.24, 2.45) is 0 Å². The van der Waals surface area contributed by atoms with Crippen LogP contribution in [-0.4, -0.2) is 44.7 Å². The van der Waals surface area contributed by atoms with Gasteiger partial charge in [-0.05, 0) is 38.3 Å². The van der Waals surface area contributed by atoms with Crippen molar-refractivity contribution in [1.82, 2.24) is 19.9 Å². The number of H-pyrrole nitrogens is 1. The smallest absolute Gasteiger partial charge is 0.279 e. The molecule has 25 heavy (non-hydrogen) atoms. The summed E-state index contributed by atoms with van der Waals surface area (Å²) in [6.45, 7) is 3.17. The number of hydrogen-bond acceptors (Lipinski definition) is 5. The molecule has 0 aliphatic carbocycles. The van der Waals surface area contributed by atoms with Gasteiger partial charge < -0.3 is 9.88 Å². The fourth-order valence-electron chi connectivity index (χ4n) is 2.88. The zero-order chi connectivity index (χ0) is 17.8. The molecule has 8 heteroatoms. The molecule has 0 radical (unpaired) electrons. The SMILES string of the molecule is C[C@H]1CCCCN1c1cc(-c2cnc(/C=C\C(=N)C(F)F)[nH]2)ncn1. The van der Waals surface area contributed by atoms with E-state index >= 15 is 0 Å². The molecule has 132 valence electrons. The molecule has 0 bridgehead atoms. The second-order valence-electron chi connectivity index (χ2n) is 6.07. The maximum Gasteiger partial charge on any atom is 0.279 e. The summed E-state index contributed by atoms with van der Waals surface area (Å²) in [5.41, 5.74) is 0.622. The van der Waals surface area contributed by atoms with Crippen LogP contribution in [0.5, 0.6) is 0 Å². The van der Waals surface area contributed by atoms with Crippen LogP contribution in [0.1, 0.15) is 32.0 Å². The fraction of sp³-hybridized carbons (Fsp3) is 0.412. The van der Waals surface area contributed by atoms with Crippen LogP contribution in [0.15, 0.2) is 24.7 Å². The molecule has 0 spiro atoms. The van der Waals surface area contributed by atoms with E-state index in [0.29, 0.717) is 23.3 Å². The lowest BCUT2D eigenvalue weighted by molar-refractivity contribution is 0.226. The van der Waals surface area contributed by atoms with E-state index in [2.05, 4.69) is 31.8 Å². The average Bonchev–Trinajstić information content (AvgIpc) is 3.09. The Balaban J connectivity index is 1.79. The van der Waals surface area contributed by atoms with E-state index in [4.69, 9.17) is 5.41 Å². The van der Waals surface area contributed by atoms with Crippen LogP contribution in [0.2, 0.25) is 0 Å². The minimum atomic E-state index is -2.79. The number of anilines is 1. The third-order valence-electron chi connectivity index (χ3n) is 4.28. The molecular weight excluding hydrogens is 326 g/mol. The van der Waals surface area contributed by atoms with Gasteiger partial charge in [0, 0.05) is 18.7 Å². The summed E-state index contributed by atoms with van der Waals surface area (Å²) >= 11 is 0. The highest BCUT2D eigenvalue weighted by Crippen LogP contribution is 2.25. The standard InChI is InChI=1S/C17H20F2N6/c1-11-4-2-3-7-25(11)16-8-13(22-10-23-16)14-9-21-15(24-14)6-5-12(20)17(18)19/h5-6,8-11,17,20H,2-4,7H2,1H3,(H,21,24)/b6-5-,20-12?/t11-/m0/s1. The van der Waals surface area contributed by atoms with Gasteiger partial charge in [0.25, 0.3) is 6.43 Å². The fourth-order valence-corrected chi connectivity index (χ4v) is 2.88. The number of alkyl halides is 2. The Morgan fingerprint density at radius 1 is 1.36 bits per heavy atom. The highest BCUT2D eigenvalue weighted by molar-refractivity contribution is 5.97. The molecule has 6 nitrogen and oxygen atoms in total. The summed E-state index contributed by atoms with van der Waals surface area (Å²) in [5.74, 6) is 1.27. The van der Waals surface area contributed by atoms with E-state index in [1.165, 1.54) is 18.8 Å². The van der Waals surface area contributed by atoms with Crippen molar-refractivity contribution >= 4 is 17.6 Å². The van der Waals surface area contributed by atoms with Crippen molar-refractivity contribution in [3.05, 3.63) is 30.5 Å². The Morgan fingerprint density at radius 2 is 2.20 bits per heavy atom. The predicted molar refractivity (Wildman–Crippen MR) is 93.0 cm³/mol. The molecule has 1 saturated heterocycles. The predicted octanol–water partition coefficient (Wildman–Crippen LogP) is 3.54. The second kappa shape index (κ2) is 7.50. The molecule has 1 aliphatic rings. The summed E-state index contributed by atoms with van der Waals surface area (Å²) in [4.78, 5) is 18.1. The first-order valence-electron chi connectivity index (χ1n) is 8.23. The molecule has 3 heterocycles. The molecular formula is C17H20F2N6. The topological polar surface area (TPSA) is 81.5 Å². The van der Waals surface area contributed by atoms with Gasteiger partial charge in [-0.2, -0.15) is 0 Å². The normalized spacial score (nSPS) is 18.2. The number of nitrogens with zero attached hydrogens (tertiary/aromatic N) is 4. The first-order valence-corrected chi connectivity index (χ1v) is 8.23. The van der Waals surface area contributed by atoms with Gasteiger partial charge in [-0.15, -0.1) is 0 Å². The second-order valence-corrected chi connectivity index (χ2v) is 6.07. The zero-order valence-corrected chi connectivity index (χ0v) is 13.9. The number of aromatic nitrogens is 4. The molecule has 2 aromatic heterocycles. The van der Waals surface area contributed by atoms with Gasteiger partial charge in [0.05, 0.1) is 23.3 Å². The summed E-state index contributed by atoms with van der Waals surface area (Å²) in [5, 5.41) is 7.12. The minimum absolute atomic E-state index is 0.395. The molecule has 1 atom stereocenters. The van der Waals surface area contributed by atoms with E-state index in [1.54, 1.807) is 6.20 Å². The van der Waals surface area contributed by atoms with Crippen LogP contribution >= 0.6 is 0 Å². The summed E-state index contributed by atoms with van der Waals surface area (Å²) in [7, 11) is 0. The molecule has 2 N–H and O–H groups in total. The van der Waals surface area contributed by atoms with Crippen LogP contribution < -0.4 is 4.90 Å². The van der Waals surface area contributed by atoms with Gasteiger partial charge in [-0.25, -0.2) is 23.7 Å². The van der Waals surface area contributed by atoms with E-state index in [-0.39, 0.29) is 0 Å². The molecule has 0 unspecified atom stereocenters. The molecule has 0 saturated carbocycles. The van der Waals surface area contributed by atoms with Crippen molar-refractivity contribution in [2.75, 3.05) is 11.4 Å². The van der Waals surface area contributed by atoms with Gasteiger partial charge in [-0.3, -0.25) is 5.41 Å². The highest BCUT2D eigenvalue weighted by atomic mass is 19.3. The Bertz CT molecular complexity index is 770. The lowest BCUT2D eigenvalue weighted by Gasteiger charge is -2.34. The van der Waals surface area contributed by atoms with Crippen LogP contribution in [0.3, 0.4) is 0 Å². The number of aromatic amines is 1. The van der Waals surface area contributed by atoms with Gasteiger partial charge in [0.2, 0.25) is 0 Å². The van der Waals surface area contributed by atoms with Gasteiger partial charge in [-0.1, -0.05) is 0 Å². The first-order chi connectivity index (χ1) is 12.0. The third-order valence-corrected chi connectivity index (χ3v) is 4.28. The Kier molecular flexibility index (Phi) is 5.16. The maximum absolute atomic E-state index is 12.3. The van der Waals surface area contributed by atoms with Crippen LogP contribution in [0.4, 0.5) is 14.6 Å². The number of imidazole rings is 1. The van der Waals surface area contributed by atoms with Crippen molar-refractivity contribution in [3.8, 4) is 11.4 Å². The molecule has 1 aliphatic heterocycles. The van der Waals surface area contributed by atoms with E-state index in [1.807, 2.05) is 6.07 Å². The van der Waals surface area contributed by atoms with Crippen molar-refractivity contribution < 1.29 is 8.78 Å². The highest BCUT2D eigenvalue weighted by Gasteiger charge is 2.20. The summed E-state index contributed by atoms with van der Waals surface area (Å²) in [6, 6.07) is 2.35. The number of nitrogens with one attached hydrogen (secondary N) is 2. The van der Waals surface area contributed by atoms with E-state index < -0.39 is 12.1 Å². The lowest BCUT2D eigenvalue weighted by Crippen LogP contribution is -2.38. The quantitative estimate of drug-likeness (QED) is 0.811. The molecule has 0 aromatic carbocycles. The largest absolute Gasteiger partial charge is 0.354 e. The zero-order valence-electron chi connectivity index (χ0n) is 13.9. The lowest BCUT2D eigenvalue weighted by atomic mass is 10.0. The van der Waals surface area contributed by atoms with Crippen molar-refractivity contribution in [3.63, 3.8) is 0 Å². The molecule has 1 fully saturated rings. The Morgan fingerprint density at radius 3 is 2.96 bits per heavy atom. The van der Waals surface area contributed by atoms with Gasteiger partial charge in [0.1, 0.15) is 18.0 Å². The van der Waals surface area contributed by atoms with Gasteiger partial charge >= 0.3 is 0 Å². The first kappa shape index (κ1) is 17.2. The van der Waals surface area contributed by atoms with Crippen LogP contribution in [0, 0.1) is 5.41 Å². The number of allylic oxidation sites excluding steroid dienone is 1.